The molecule has 1 aromatic carbocycles. The van der Waals surface area contributed by atoms with Crippen LogP contribution in [0, 0.1) is 0 Å². The minimum atomic E-state index is 0.528. The number of anilines is 1. The molecule has 0 amide bonds. The topological polar surface area (TPSA) is 70.2 Å². The van der Waals surface area contributed by atoms with E-state index < -0.39 is 0 Å². The molecule has 1 aliphatic heterocycles. The Labute approximate surface area is 177 Å². The van der Waals surface area contributed by atoms with E-state index in [1.165, 1.54) is 0 Å². The van der Waals surface area contributed by atoms with Crippen LogP contribution < -0.4 is 15.4 Å². The van der Waals surface area contributed by atoms with Crippen LogP contribution in [0.4, 0.5) is 5.13 Å². The van der Waals surface area contributed by atoms with Gasteiger partial charge in [-0.15, -0.1) is 11.3 Å². The Morgan fingerprint density at radius 1 is 1.21 bits per heavy atom. The van der Waals surface area contributed by atoms with E-state index in [4.69, 9.17) is 10.5 Å². The van der Waals surface area contributed by atoms with Gasteiger partial charge in [-0.3, -0.25) is 0 Å². The molecule has 8 heteroatoms. The highest BCUT2D eigenvalue weighted by molar-refractivity contribution is 7.13. The number of aromatic nitrogens is 1. The molecule has 0 spiro atoms. The zero-order valence-corrected chi connectivity index (χ0v) is 18.3. The smallest absolute Gasteiger partial charge is 0.191 e. The highest BCUT2D eigenvalue weighted by atomic mass is 32.1. The minimum absolute atomic E-state index is 0.528. The quantitative estimate of drug-likeness (QED) is 0.500. The van der Waals surface area contributed by atoms with Gasteiger partial charge in [0.25, 0.3) is 0 Å². The van der Waals surface area contributed by atoms with Crippen molar-refractivity contribution in [3.05, 3.63) is 41.4 Å². The zero-order valence-electron chi connectivity index (χ0n) is 17.5. The molecule has 2 N–H and O–H groups in total. The molecule has 2 heterocycles. The average molecular weight is 417 g/mol. The molecule has 2 aromatic rings. The predicted molar refractivity (Wildman–Crippen MR) is 121 cm³/mol. The van der Waals surface area contributed by atoms with Crippen molar-refractivity contribution in [2.75, 3.05) is 57.3 Å². The molecule has 1 aliphatic rings. The second-order valence-corrected chi connectivity index (χ2v) is 7.82. The Hall–Kier alpha value is -2.32. The third kappa shape index (κ3) is 6.08. The summed E-state index contributed by atoms with van der Waals surface area (Å²) in [6, 6.07) is 8.09. The largest absolute Gasteiger partial charge is 0.492 e. The third-order valence-corrected chi connectivity index (χ3v) is 6.07. The van der Waals surface area contributed by atoms with E-state index in [-0.39, 0.29) is 0 Å². The second-order valence-electron chi connectivity index (χ2n) is 6.95. The molecule has 0 aliphatic carbocycles. The lowest BCUT2D eigenvalue weighted by molar-refractivity contribution is 0.221. The molecule has 158 valence electrons. The van der Waals surface area contributed by atoms with E-state index in [9.17, 15) is 0 Å². The van der Waals surface area contributed by atoms with Crippen molar-refractivity contribution in [2.24, 2.45) is 10.7 Å². The first-order valence-electron chi connectivity index (χ1n) is 10.3. The molecule has 1 fully saturated rings. The normalized spacial score (nSPS) is 15.2. The van der Waals surface area contributed by atoms with Crippen LogP contribution in [0.2, 0.25) is 0 Å². The molecule has 1 aromatic heterocycles. The predicted octanol–water partition coefficient (Wildman–Crippen LogP) is 2.50. The fraction of sp³-hybridized carbons (Fsp3) is 0.524. The molecule has 0 unspecified atom stereocenters. The number of ether oxygens (including phenoxy) is 1. The van der Waals surface area contributed by atoms with Crippen molar-refractivity contribution in [2.45, 2.75) is 20.4 Å². The van der Waals surface area contributed by atoms with Crippen LogP contribution in [0.25, 0.3) is 0 Å². The second kappa shape index (κ2) is 11.0. The van der Waals surface area contributed by atoms with Gasteiger partial charge in [0.2, 0.25) is 0 Å². The Kier molecular flexibility index (Phi) is 8.13. The lowest BCUT2D eigenvalue weighted by atomic mass is 10.2. The number of benzene rings is 1. The maximum Gasteiger partial charge on any atom is 0.191 e. The molecule has 0 bridgehead atoms. The van der Waals surface area contributed by atoms with Gasteiger partial charge in [-0.05, 0) is 19.2 Å². The number of guanidine groups is 1. The van der Waals surface area contributed by atoms with E-state index in [1.54, 1.807) is 11.3 Å². The fourth-order valence-electron chi connectivity index (χ4n) is 3.36. The first-order chi connectivity index (χ1) is 14.2. The van der Waals surface area contributed by atoms with Gasteiger partial charge in [0, 0.05) is 49.9 Å². The van der Waals surface area contributed by atoms with Gasteiger partial charge < -0.3 is 25.2 Å². The fourth-order valence-corrected chi connectivity index (χ4v) is 4.06. The molecule has 0 saturated carbocycles. The molecule has 0 atom stereocenters. The van der Waals surface area contributed by atoms with Gasteiger partial charge in [-0.25, -0.2) is 9.98 Å². The number of para-hydroxylation sites is 1. The van der Waals surface area contributed by atoms with Gasteiger partial charge in [0.15, 0.2) is 11.1 Å². The van der Waals surface area contributed by atoms with Crippen LogP contribution in [0.1, 0.15) is 19.4 Å². The summed E-state index contributed by atoms with van der Waals surface area (Å²) in [5.74, 6) is 1.49. The summed E-state index contributed by atoms with van der Waals surface area (Å²) in [4.78, 5) is 15.8. The minimum Gasteiger partial charge on any atom is -0.492 e. The van der Waals surface area contributed by atoms with E-state index in [1.807, 2.05) is 29.8 Å². The number of likely N-dealkylation sites (N-methyl/N-ethyl adjacent to an activating group) is 1. The lowest BCUT2D eigenvalue weighted by Crippen LogP contribution is -2.51. The third-order valence-electron chi connectivity index (χ3n) is 5.24. The molecule has 1 saturated heterocycles. The van der Waals surface area contributed by atoms with Crippen molar-refractivity contribution in [1.82, 2.24) is 14.8 Å². The van der Waals surface area contributed by atoms with Crippen LogP contribution in [0.3, 0.4) is 0 Å². The van der Waals surface area contributed by atoms with E-state index in [0.717, 1.165) is 62.3 Å². The van der Waals surface area contributed by atoms with Crippen LogP contribution in [0.5, 0.6) is 5.75 Å². The van der Waals surface area contributed by atoms with Gasteiger partial charge in [0.05, 0.1) is 6.54 Å². The molecule has 7 nitrogen and oxygen atoms in total. The number of piperazine rings is 1. The van der Waals surface area contributed by atoms with Crippen LogP contribution in [0.15, 0.2) is 40.8 Å². The van der Waals surface area contributed by atoms with Crippen molar-refractivity contribution in [1.29, 1.82) is 0 Å². The number of nitrogens with zero attached hydrogens (tertiary/aromatic N) is 5. The lowest BCUT2D eigenvalue weighted by Gasteiger charge is -2.35. The van der Waals surface area contributed by atoms with Gasteiger partial charge in [-0.2, -0.15) is 0 Å². The summed E-state index contributed by atoms with van der Waals surface area (Å²) in [6.07, 6.45) is 1.85. The molecule has 0 radical (unpaired) electrons. The standard InChI is InChI=1S/C21H32N6OS/c1-3-25(4-2)14-15-28-19-8-6-5-7-18(19)17-24-20(22)26-10-12-27(13-11-26)21-23-9-16-29-21/h5-9,16H,3-4,10-15,17H2,1-2H3,(H2,22,24). The van der Waals surface area contributed by atoms with Gasteiger partial charge in [-0.1, -0.05) is 32.0 Å². The van der Waals surface area contributed by atoms with Gasteiger partial charge >= 0.3 is 0 Å². The van der Waals surface area contributed by atoms with Crippen LogP contribution in [-0.4, -0.2) is 73.2 Å². The molecular formula is C21H32N6OS. The zero-order chi connectivity index (χ0) is 20.5. The Bertz CT molecular complexity index is 754. The van der Waals surface area contributed by atoms with Crippen molar-refractivity contribution in [3.8, 4) is 5.75 Å². The van der Waals surface area contributed by atoms with Crippen LogP contribution >= 0.6 is 11.3 Å². The maximum absolute atomic E-state index is 6.28. The highest BCUT2D eigenvalue weighted by Gasteiger charge is 2.19. The number of thiazole rings is 1. The number of aliphatic imine (C=N–C) groups is 1. The Morgan fingerprint density at radius 3 is 2.66 bits per heavy atom. The summed E-state index contributed by atoms with van der Waals surface area (Å²) in [6.45, 7) is 12.1. The van der Waals surface area contributed by atoms with E-state index in [2.05, 4.69) is 44.6 Å². The van der Waals surface area contributed by atoms with Crippen molar-refractivity contribution >= 4 is 22.4 Å². The summed E-state index contributed by atoms with van der Waals surface area (Å²) in [7, 11) is 0. The van der Waals surface area contributed by atoms with Gasteiger partial charge in [0.1, 0.15) is 12.4 Å². The maximum atomic E-state index is 6.28. The number of hydrogen-bond donors (Lipinski definition) is 1. The summed E-state index contributed by atoms with van der Waals surface area (Å²) in [5.41, 5.74) is 7.35. The van der Waals surface area contributed by atoms with Crippen molar-refractivity contribution in [3.63, 3.8) is 0 Å². The molecule has 29 heavy (non-hydrogen) atoms. The first kappa shape index (κ1) is 21.4. The van der Waals surface area contributed by atoms with Crippen LogP contribution in [-0.2, 0) is 6.54 Å². The first-order valence-corrected chi connectivity index (χ1v) is 11.2. The number of rotatable bonds is 9. The number of hydrogen-bond acceptors (Lipinski definition) is 6. The summed E-state index contributed by atoms with van der Waals surface area (Å²) >= 11 is 1.68. The SMILES string of the molecule is CCN(CC)CCOc1ccccc1CN=C(N)N1CCN(c2nccs2)CC1. The summed E-state index contributed by atoms with van der Waals surface area (Å²) in [5, 5.41) is 3.09. The Balaban J connectivity index is 1.51. The monoisotopic (exact) mass is 416 g/mol. The average Bonchev–Trinajstić information content (AvgIpc) is 3.31. The van der Waals surface area contributed by atoms with Crippen molar-refractivity contribution < 1.29 is 4.74 Å². The molecule has 3 rings (SSSR count). The van der Waals surface area contributed by atoms with E-state index >= 15 is 0 Å². The summed E-state index contributed by atoms with van der Waals surface area (Å²) < 4.78 is 6.03. The molecular weight excluding hydrogens is 384 g/mol. The highest BCUT2D eigenvalue weighted by Crippen LogP contribution is 2.20. The van der Waals surface area contributed by atoms with E-state index in [0.29, 0.717) is 19.1 Å². The Morgan fingerprint density at radius 2 is 1.97 bits per heavy atom. The number of nitrogens with two attached hydrogens (primary N) is 1.